The van der Waals surface area contributed by atoms with Gasteiger partial charge in [-0.25, -0.2) is 9.89 Å². The van der Waals surface area contributed by atoms with E-state index < -0.39 is 16.5 Å². The predicted octanol–water partition coefficient (Wildman–Crippen LogP) is 1.62. The van der Waals surface area contributed by atoms with Crippen molar-refractivity contribution in [2.45, 2.75) is 20.8 Å². The fourth-order valence-electron chi connectivity index (χ4n) is 2.42. The first-order valence-corrected chi connectivity index (χ1v) is 6.22. The Kier molecular flexibility index (Phi) is 3.70. The number of rotatable bonds is 3. The van der Waals surface area contributed by atoms with E-state index in [1.807, 2.05) is 0 Å². The van der Waals surface area contributed by atoms with Gasteiger partial charge in [0.05, 0.1) is 34.1 Å². The first-order chi connectivity index (χ1) is 9.90. The van der Waals surface area contributed by atoms with Crippen LogP contribution in [0.2, 0.25) is 0 Å². The summed E-state index contributed by atoms with van der Waals surface area (Å²) in [5.41, 5.74) is -0.338. The van der Waals surface area contributed by atoms with Crippen LogP contribution < -0.4 is 5.56 Å². The van der Waals surface area contributed by atoms with E-state index in [9.17, 15) is 19.7 Å². The fourth-order valence-corrected chi connectivity index (χ4v) is 2.42. The second-order valence-corrected chi connectivity index (χ2v) is 4.44. The molecule has 8 heteroatoms. The predicted molar refractivity (Wildman–Crippen MR) is 74.4 cm³/mol. The van der Waals surface area contributed by atoms with Crippen molar-refractivity contribution in [3.05, 3.63) is 43.4 Å². The van der Waals surface area contributed by atoms with Crippen molar-refractivity contribution in [3.8, 4) is 0 Å². The van der Waals surface area contributed by atoms with Gasteiger partial charge < -0.3 is 4.74 Å². The lowest BCUT2D eigenvalue weighted by molar-refractivity contribution is -0.383. The maximum Gasteiger partial charge on any atom is 0.338 e. The van der Waals surface area contributed by atoms with Crippen molar-refractivity contribution in [3.63, 3.8) is 0 Å². The van der Waals surface area contributed by atoms with Crippen LogP contribution >= 0.6 is 0 Å². The lowest BCUT2D eigenvalue weighted by atomic mass is 9.95. The Balaban J connectivity index is 3.01. The van der Waals surface area contributed by atoms with Gasteiger partial charge in [0.1, 0.15) is 0 Å². The topological polar surface area (TPSA) is 115 Å². The molecular weight excluding hydrogens is 278 g/mol. The Labute approximate surface area is 118 Å². The zero-order valence-corrected chi connectivity index (χ0v) is 11.7. The summed E-state index contributed by atoms with van der Waals surface area (Å²) in [6.45, 7) is 4.78. The molecule has 0 saturated heterocycles. The van der Waals surface area contributed by atoms with E-state index in [2.05, 4.69) is 10.2 Å². The van der Waals surface area contributed by atoms with Crippen molar-refractivity contribution < 1.29 is 14.5 Å². The minimum Gasteiger partial charge on any atom is -0.462 e. The quantitative estimate of drug-likeness (QED) is 0.522. The standard InChI is InChI=1S/C13H13N3O5/c1-4-21-13(18)9-6(2)10-8(5-14-15-12(10)17)11(7(9)3)16(19)20/h5H,4H2,1-3H3,(H,15,17). The Hall–Kier alpha value is -2.77. The molecule has 2 rings (SSSR count). The lowest BCUT2D eigenvalue weighted by Gasteiger charge is -2.12. The number of carbonyl (C=O) groups excluding carboxylic acids is 1. The number of hydrogen-bond acceptors (Lipinski definition) is 6. The number of benzene rings is 1. The molecule has 2 aromatic rings. The molecule has 0 bridgehead atoms. The van der Waals surface area contributed by atoms with E-state index in [1.165, 1.54) is 13.1 Å². The Morgan fingerprint density at radius 2 is 2.10 bits per heavy atom. The number of ether oxygens (including phenoxy) is 1. The van der Waals surface area contributed by atoms with Crippen molar-refractivity contribution in [1.82, 2.24) is 10.2 Å². The normalized spacial score (nSPS) is 10.6. The van der Waals surface area contributed by atoms with Crippen LogP contribution in [-0.4, -0.2) is 27.7 Å². The molecule has 1 heterocycles. The van der Waals surface area contributed by atoms with Crippen LogP contribution in [0.5, 0.6) is 0 Å². The molecule has 0 aliphatic rings. The van der Waals surface area contributed by atoms with Crippen LogP contribution in [0, 0.1) is 24.0 Å². The molecule has 0 amide bonds. The van der Waals surface area contributed by atoms with Gasteiger partial charge in [-0.1, -0.05) is 0 Å². The molecule has 0 unspecified atom stereocenters. The van der Waals surface area contributed by atoms with Crippen molar-refractivity contribution >= 4 is 22.4 Å². The number of nitro benzene ring substituents is 1. The number of fused-ring (bicyclic) bond motifs is 1. The number of hydrogen-bond donors (Lipinski definition) is 1. The Morgan fingerprint density at radius 3 is 2.67 bits per heavy atom. The van der Waals surface area contributed by atoms with Crippen molar-refractivity contribution in [2.75, 3.05) is 6.61 Å². The van der Waals surface area contributed by atoms with Crippen LogP contribution in [0.25, 0.3) is 10.8 Å². The van der Waals surface area contributed by atoms with Crippen LogP contribution in [-0.2, 0) is 4.74 Å². The van der Waals surface area contributed by atoms with Gasteiger partial charge in [-0.2, -0.15) is 5.10 Å². The molecule has 0 saturated carbocycles. The molecule has 0 aliphatic carbocycles. The third kappa shape index (κ3) is 2.24. The number of nitrogens with one attached hydrogen (secondary N) is 1. The van der Waals surface area contributed by atoms with Crippen LogP contribution in [0.15, 0.2) is 11.0 Å². The highest BCUT2D eigenvalue weighted by Gasteiger charge is 2.28. The molecule has 0 atom stereocenters. The molecule has 1 aromatic heterocycles. The fraction of sp³-hybridized carbons (Fsp3) is 0.308. The van der Waals surface area contributed by atoms with Crippen molar-refractivity contribution in [2.24, 2.45) is 0 Å². The Bertz CT molecular complexity index is 810. The smallest absolute Gasteiger partial charge is 0.338 e. The first kappa shape index (κ1) is 14.6. The molecule has 0 spiro atoms. The third-order valence-electron chi connectivity index (χ3n) is 3.25. The highest BCUT2D eigenvalue weighted by atomic mass is 16.6. The third-order valence-corrected chi connectivity index (χ3v) is 3.25. The van der Waals surface area contributed by atoms with Gasteiger partial charge in [0.25, 0.3) is 11.2 Å². The highest BCUT2D eigenvalue weighted by molar-refractivity contribution is 6.04. The van der Waals surface area contributed by atoms with Gasteiger partial charge in [-0.15, -0.1) is 0 Å². The minimum absolute atomic E-state index is 0.0488. The van der Waals surface area contributed by atoms with E-state index >= 15 is 0 Å². The zero-order chi connectivity index (χ0) is 15.7. The zero-order valence-electron chi connectivity index (χ0n) is 11.7. The number of aromatic amines is 1. The summed E-state index contributed by atoms with van der Waals surface area (Å²) in [5.74, 6) is -0.686. The summed E-state index contributed by atoms with van der Waals surface area (Å²) in [6, 6.07) is 0. The summed E-state index contributed by atoms with van der Waals surface area (Å²) in [6.07, 6.45) is 1.21. The molecule has 1 N–H and O–H groups in total. The molecule has 0 aliphatic heterocycles. The maximum atomic E-state index is 12.0. The van der Waals surface area contributed by atoms with Gasteiger partial charge in [-0.05, 0) is 26.3 Å². The van der Waals surface area contributed by atoms with Gasteiger partial charge >= 0.3 is 5.97 Å². The number of aromatic nitrogens is 2. The number of nitrogens with zero attached hydrogens (tertiary/aromatic N) is 2. The molecular formula is C13H13N3O5. The lowest BCUT2D eigenvalue weighted by Crippen LogP contribution is -2.16. The largest absolute Gasteiger partial charge is 0.462 e. The second-order valence-electron chi connectivity index (χ2n) is 4.44. The van der Waals surface area contributed by atoms with E-state index in [4.69, 9.17) is 4.74 Å². The number of nitro groups is 1. The molecule has 1 aromatic carbocycles. The Morgan fingerprint density at radius 1 is 1.43 bits per heavy atom. The van der Waals surface area contributed by atoms with E-state index in [0.29, 0.717) is 5.56 Å². The van der Waals surface area contributed by atoms with Gasteiger partial charge in [-0.3, -0.25) is 14.9 Å². The van der Waals surface area contributed by atoms with Crippen LogP contribution in [0.4, 0.5) is 5.69 Å². The number of esters is 1. The molecule has 21 heavy (non-hydrogen) atoms. The van der Waals surface area contributed by atoms with Gasteiger partial charge in [0, 0.05) is 5.56 Å². The number of H-pyrrole nitrogens is 1. The average Bonchev–Trinajstić information content (AvgIpc) is 2.38. The second kappa shape index (κ2) is 5.31. The summed E-state index contributed by atoms with van der Waals surface area (Å²) in [4.78, 5) is 34.6. The van der Waals surface area contributed by atoms with Gasteiger partial charge in [0.2, 0.25) is 0 Å². The minimum atomic E-state index is -0.686. The van der Waals surface area contributed by atoms with Crippen LogP contribution in [0.3, 0.4) is 0 Å². The maximum absolute atomic E-state index is 12.0. The summed E-state index contributed by atoms with van der Waals surface area (Å²) >= 11 is 0. The molecule has 0 radical (unpaired) electrons. The van der Waals surface area contributed by atoms with E-state index in [-0.39, 0.29) is 34.2 Å². The number of carbonyl (C=O) groups is 1. The molecule has 0 fully saturated rings. The SMILES string of the molecule is CCOC(=O)c1c(C)c([N+](=O)[O-])c2cn[nH]c(=O)c2c1C. The summed E-state index contributed by atoms with van der Waals surface area (Å²) < 4.78 is 4.92. The van der Waals surface area contributed by atoms with Crippen LogP contribution in [0.1, 0.15) is 28.4 Å². The average molecular weight is 291 g/mol. The van der Waals surface area contributed by atoms with E-state index in [1.54, 1.807) is 13.8 Å². The molecule has 8 nitrogen and oxygen atoms in total. The van der Waals surface area contributed by atoms with Gasteiger partial charge in [0.15, 0.2) is 0 Å². The first-order valence-electron chi connectivity index (χ1n) is 6.22. The highest BCUT2D eigenvalue weighted by Crippen LogP contribution is 2.33. The van der Waals surface area contributed by atoms with E-state index in [0.717, 1.165) is 0 Å². The van der Waals surface area contributed by atoms with Crippen molar-refractivity contribution in [1.29, 1.82) is 0 Å². The molecule has 110 valence electrons. The number of aryl methyl sites for hydroxylation is 1. The summed E-state index contributed by atoms with van der Waals surface area (Å²) in [5, 5.41) is 17.3. The monoisotopic (exact) mass is 291 g/mol. The summed E-state index contributed by atoms with van der Waals surface area (Å²) in [7, 11) is 0.